The summed E-state index contributed by atoms with van der Waals surface area (Å²) in [6.45, 7) is 2.00. The lowest BCUT2D eigenvalue weighted by molar-refractivity contribution is -0.161. The van der Waals surface area contributed by atoms with Crippen molar-refractivity contribution in [3.8, 4) is 0 Å². The molecule has 0 aromatic heterocycles. The van der Waals surface area contributed by atoms with Crippen LogP contribution in [0, 0.1) is 0 Å². The molecular weight excluding hydrogens is 695 g/mol. The quantitative estimate of drug-likeness (QED) is 0.0250. The highest BCUT2D eigenvalue weighted by Gasteiger charge is 2.27. The second kappa shape index (κ2) is 37.2. The molecule has 300 valence electrons. The average molecular weight is 763 g/mol. The minimum atomic E-state index is -4.63. The molecule has 0 rings (SSSR count). The fourth-order valence-electron chi connectivity index (χ4n) is 4.48. The van der Waals surface area contributed by atoms with Crippen LogP contribution in [0.25, 0.3) is 0 Å². The molecule has 0 bridgehead atoms. The number of esters is 2. The zero-order valence-corrected chi connectivity index (χ0v) is 33.1. The predicted octanol–water partition coefficient (Wildman–Crippen LogP) is 9.66. The molecular formula is C42H67O10P. The van der Waals surface area contributed by atoms with Crippen LogP contribution in [0.4, 0.5) is 0 Å². The van der Waals surface area contributed by atoms with Crippen molar-refractivity contribution >= 4 is 19.8 Å². The molecule has 11 heteroatoms. The molecule has 0 saturated carbocycles. The Morgan fingerprint density at radius 3 is 1.47 bits per heavy atom. The van der Waals surface area contributed by atoms with Crippen LogP contribution >= 0.6 is 7.82 Å². The third kappa shape index (κ3) is 37.0. The van der Waals surface area contributed by atoms with Gasteiger partial charge in [-0.15, -0.1) is 0 Å². The summed E-state index contributed by atoms with van der Waals surface area (Å²) in [7, 11) is -4.63. The van der Waals surface area contributed by atoms with Crippen LogP contribution in [0.1, 0.15) is 117 Å². The van der Waals surface area contributed by atoms with Gasteiger partial charge >= 0.3 is 19.8 Å². The number of rotatable bonds is 34. The van der Waals surface area contributed by atoms with Crippen molar-refractivity contribution in [1.82, 2.24) is 0 Å². The number of phosphoric acid groups is 1. The zero-order valence-electron chi connectivity index (χ0n) is 32.2. The van der Waals surface area contributed by atoms with Gasteiger partial charge in [-0.1, -0.05) is 150 Å². The molecule has 0 aliphatic carbocycles. The van der Waals surface area contributed by atoms with Crippen molar-refractivity contribution in [2.45, 2.75) is 129 Å². The van der Waals surface area contributed by atoms with Gasteiger partial charge in [0.05, 0.1) is 19.8 Å². The number of ether oxygens (including phenoxy) is 2. The van der Waals surface area contributed by atoms with Gasteiger partial charge in [-0.05, 0) is 51.4 Å². The molecule has 1 unspecified atom stereocenters. The first-order chi connectivity index (χ1) is 25.7. The molecule has 0 saturated heterocycles. The van der Waals surface area contributed by atoms with E-state index in [1.165, 1.54) is 0 Å². The summed E-state index contributed by atoms with van der Waals surface area (Å²) in [5.41, 5.74) is 0. The first kappa shape index (κ1) is 49.9. The lowest BCUT2D eigenvalue weighted by Gasteiger charge is -2.20. The highest BCUT2D eigenvalue weighted by atomic mass is 31.2. The van der Waals surface area contributed by atoms with Crippen LogP contribution in [0.15, 0.2) is 97.2 Å². The molecule has 10 nitrogen and oxygen atoms in total. The van der Waals surface area contributed by atoms with Gasteiger partial charge in [0.2, 0.25) is 0 Å². The molecule has 0 aliphatic heterocycles. The van der Waals surface area contributed by atoms with Gasteiger partial charge in [0.25, 0.3) is 0 Å². The maximum atomic E-state index is 12.6. The van der Waals surface area contributed by atoms with E-state index in [0.717, 1.165) is 77.0 Å². The van der Waals surface area contributed by atoms with E-state index in [9.17, 15) is 24.2 Å². The van der Waals surface area contributed by atoms with Crippen LogP contribution in [0.3, 0.4) is 0 Å². The first-order valence-electron chi connectivity index (χ1n) is 19.3. The van der Waals surface area contributed by atoms with Crippen molar-refractivity contribution in [3.63, 3.8) is 0 Å². The van der Waals surface area contributed by atoms with Crippen LogP contribution in [0.5, 0.6) is 0 Å². The lowest BCUT2D eigenvalue weighted by Crippen LogP contribution is -2.29. The van der Waals surface area contributed by atoms with Crippen molar-refractivity contribution in [1.29, 1.82) is 0 Å². The van der Waals surface area contributed by atoms with E-state index in [-0.39, 0.29) is 19.4 Å². The van der Waals surface area contributed by atoms with E-state index in [4.69, 9.17) is 19.1 Å². The highest BCUT2D eigenvalue weighted by molar-refractivity contribution is 7.47. The van der Waals surface area contributed by atoms with E-state index >= 15 is 0 Å². The standard InChI is InChI=1S/C42H67O10P/c1-3-5-7-9-11-13-15-17-19-21-23-25-27-29-31-33-41(45)49-37-40(38-51-53(47,48)50-36-39(44)35-43)52-42(46)34-32-30-28-26-24-22-20-18-16-14-12-10-8-6-4-2/h5-20,39-40,43-44H,3-4,21-38H2,1-2H3,(H,47,48)/b7-5+,8-6+,11-9+,12-10+,15-13+,16-14+,19-17+,20-18+/t39-,40+/m0/s1. The van der Waals surface area contributed by atoms with E-state index in [0.29, 0.717) is 12.8 Å². The molecule has 53 heavy (non-hydrogen) atoms. The van der Waals surface area contributed by atoms with Gasteiger partial charge in [0.15, 0.2) is 6.10 Å². The van der Waals surface area contributed by atoms with Crippen molar-refractivity contribution in [3.05, 3.63) is 97.2 Å². The van der Waals surface area contributed by atoms with Gasteiger partial charge < -0.3 is 24.6 Å². The van der Waals surface area contributed by atoms with Crippen LogP contribution in [0.2, 0.25) is 0 Å². The molecule has 3 N–H and O–H groups in total. The van der Waals surface area contributed by atoms with Gasteiger partial charge in [0, 0.05) is 12.8 Å². The summed E-state index contributed by atoms with van der Waals surface area (Å²) in [4.78, 5) is 34.9. The molecule has 0 aromatic carbocycles. The van der Waals surface area contributed by atoms with E-state index in [1.807, 2.05) is 72.9 Å². The molecule has 0 fully saturated rings. The second-order valence-corrected chi connectivity index (χ2v) is 13.8. The molecule has 0 aromatic rings. The summed E-state index contributed by atoms with van der Waals surface area (Å²) in [6.07, 6.45) is 43.7. The minimum absolute atomic E-state index is 0.146. The Morgan fingerprint density at radius 2 is 0.981 bits per heavy atom. The fraction of sp³-hybridized carbons (Fsp3) is 0.571. The number of allylic oxidation sites excluding steroid dienone is 16. The zero-order chi connectivity index (χ0) is 39.1. The summed E-state index contributed by atoms with van der Waals surface area (Å²) in [5, 5.41) is 18.3. The van der Waals surface area contributed by atoms with E-state index in [1.54, 1.807) is 0 Å². The Bertz CT molecular complexity index is 1200. The number of carbonyl (C=O) groups is 2. The smallest absolute Gasteiger partial charge is 0.462 e. The monoisotopic (exact) mass is 762 g/mol. The van der Waals surface area contributed by atoms with Crippen LogP contribution in [-0.2, 0) is 32.7 Å². The molecule has 0 heterocycles. The van der Waals surface area contributed by atoms with Crippen LogP contribution < -0.4 is 0 Å². The number of hydrogen-bond donors (Lipinski definition) is 3. The van der Waals surface area contributed by atoms with Gasteiger partial charge in [-0.25, -0.2) is 4.57 Å². The van der Waals surface area contributed by atoms with E-state index in [2.05, 4.69) is 42.7 Å². The lowest BCUT2D eigenvalue weighted by atomic mass is 10.1. The predicted molar refractivity (Wildman–Crippen MR) is 214 cm³/mol. The molecule has 0 radical (unpaired) electrons. The molecule has 3 atom stereocenters. The Kier molecular flexibility index (Phi) is 35.0. The van der Waals surface area contributed by atoms with Crippen molar-refractivity contribution in [2.75, 3.05) is 26.4 Å². The number of carbonyl (C=O) groups excluding carboxylic acids is 2. The number of phosphoric ester groups is 1. The maximum absolute atomic E-state index is 12.6. The minimum Gasteiger partial charge on any atom is -0.462 e. The molecule has 0 spiro atoms. The van der Waals surface area contributed by atoms with Gasteiger partial charge in [0.1, 0.15) is 12.7 Å². The van der Waals surface area contributed by atoms with Crippen molar-refractivity contribution < 1.29 is 47.8 Å². The first-order valence-corrected chi connectivity index (χ1v) is 20.8. The van der Waals surface area contributed by atoms with Gasteiger partial charge in [-0.2, -0.15) is 0 Å². The Morgan fingerprint density at radius 1 is 0.566 bits per heavy atom. The SMILES string of the molecule is CC/C=C/C=C/C=C/C=C/CCCCCCCC(=O)OC[C@H](COP(=O)(O)OC[C@@H](O)CO)OC(=O)CCCCCCC/C=C/C=C/C=C/C=C/CC. The number of aliphatic hydroxyl groups is 2. The van der Waals surface area contributed by atoms with Gasteiger partial charge in [-0.3, -0.25) is 18.6 Å². The summed E-state index contributed by atoms with van der Waals surface area (Å²) < 4.78 is 32.6. The molecule has 0 aliphatic rings. The topological polar surface area (TPSA) is 149 Å². The third-order valence-corrected chi connectivity index (χ3v) is 8.37. The number of unbranched alkanes of at least 4 members (excludes halogenated alkanes) is 10. The maximum Gasteiger partial charge on any atom is 0.472 e. The largest absolute Gasteiger partial charge is 0.472 e. The number of aliphatic hydroxyl groups excluding tert-OH is 2. The van der Waals surface area contributed by atoms with E-state index < -0.39 is 51.8 Å². The summed E-state index contributed by atoms with van der Waals surface area (Å²) >= 11 is 0. The molecule has 0 amide bonds. The highest BCUT2D eigenvalue weighted by Crippen LogP contribution is 2.43. The average Bonchev–Trinajstić information content (AvgIpc) is 3.14. The summed E-state index contributed by atoms with van der Waals surface area (Å²) in [6, 6.07) is 0. The summed E-state index contributed by atoms with van der Waals surface area (Å²) in [5.74, 6) is -0.993. The Hall–Kier alpha value is -3.11. The van der Waals surface area contributed by atoms with Crippen LogP contribution in [-0.4, -0.2) is 65.7 Å². The van der Waals surface area contributed by atoms with Crippen molar-refractivity contribution in [2.24, 2.45) is 0 Å². The third-order valence-electron chi connectivity index (χ3n) is 7.42. The second-order valence-electron chi connectivity index (χ2n) is 12.4. The fourth-order valence-corrected chi connectivity index (χ4v) is 5.27. The normalized spacial score (nSPS) is 15.0. The Labute approximate surface area is 319 Å². The number of hydrogen-bond acceptors (Lipinski definition) is 9. The Balaban J connectivity index is 4.48.